The molecule has 104 valence electrons. The van der Waals surface area contributed by atoms with Gasteiger partial charge in [-0.1, -0.05) is 19.1 Å². The average Bonchev–Trinajstić information content (AvgIpc) is 2.72. The fourth-order valence-electron chi connectivity index (χ4n) is 2.44. The molecule has 1 aliphatic rings. The second kappa shape index (κ2) is 7.54. The zero-order chi connectivity index (χ0) is 13.5. The number of allylic oxidation sites excluding steroid dienone is 1. The predicted octanol–water partition coefficient (Wildman–Crippen LogP) is 1.59. The number of hydrogen-bond donors (Lipinski definition) is 1. The molecule has 18 heavy (non-hydrogen) atoms. The van der Waals surface area contributed by atoms with Crippen molar-refractivity contribution in [2.24, 2.45) is 5.92 Å². The van der Waals surface area contributed by atoms with Gasteiger partial charge in [0.2, 0.25) is 0 Å². The van der Waals surface area contributed by atoms with Gasteiger partial charge in [-0.25, -0.2) is 0 Å². The number of carbonyl (C=O) groups excluding carboxylic acids is 1. The quantitative estimate of drug-likeness (QED) is 0.578. The number of hydrogen-bond acceptors (Lipinski definition) is 4. The zero-order valence-electron chi connectivity index (χ0n) is 11.6. The summed E-state index contributed by atoms with van der Waals surface area (Å²) in [7, 11) is 0. The number of rotatable bonds is 6. The van der Waals surface area contributed by atoms with E-state index in [-0.39, 0.29) is 18.1 Å². The molecule has 0 aromatic rings. The predicted molar refractivity (Wildman–Crippen MR) is 71.2 cm³/mol. The van der Waals surface area contributed by atoms with Crippen LogP contribution in [0.15, 0.2) is 12.2 Å². The number of aliphatic hydroxyl groups excluding tert-OH is 1. The van der Waals surface area contributed by atoms with Crippen LogP contribution in [0, 0.1) is 5.92 Å². The molecule has 0 aromatic heterocycles. The molecule has 0 aromatic carbocycles. The molecule has 3 atom stereocenters. The van der Waals surface area contributed by atoms with Crippen LogP contribution in [0.25, 0.3) is 0 Å². The fraction of sp³-hybridized carbons (Fsp3) is 0.786. The molecule has 1 fully saturated rings. The standard InChI is InChI=1S/C14H25NO3/c1-4-7-11-8-13(14(17)18-6-3)15(9-11)10-12(16)5-2/h4,7,11-13,16H,5-6,8-10H2,1-3H3/t11-,12?,13-/m1/s1. The van der Waals surface area contributed by atoms with Crippen LogP contribution in [0.1, 0.15) is 33.6 Å². The number of carbonyl (C=O) groups is 1. The minimum Gasteiger partial charge on any atom is -0.465 e. The number of ether oxygens (including phenoxy) is 1. The van der Waals surface area contributed by atoms with Gasteiger partial charge in [0, 0.05) is 13.1 Å². The maximum absolute atomic E-state index is 11.9. The molecule has 1 saturated heterocycles. The third kappa shape index (κ3) is 4.10. The summed E-state index contributed by atoms with van der Waals surface area (Å²) in [4.78, 5) is 14.0. The molecule has 4 heteroatoms. The van der Waals surface area contributed by atoms with Gasteiger partial charge in [0.1, 0.15) is 6.04 Å². The molecule has 0 amide bonds. The molecule has 1 heterocycles. The third-order valence-corrected chi connectivity index (χ3v) is 3.38. The van der Waals surface area contributed by atoms with Gasteiger partial charge < -0.3 is 9.84 Å². The Hall–Kier alpha value is -0.870. The first-order chi connectivity index (χ1) is 8.62. The Balaban J connectivity index is 2.66. The fourth-order valence-corrected chi connectivity index (χ4v) is 2.44. The molecule has 0 spiro atoms. The van der Waals surface area contributed by atoms with Crippen molar-refractivity contribution in [3.63, 3.8) is 0 Å². The topological polar surface area (TPSA) is 49.8 Å². The normalized spacial score (nSPS) is 26.7. The summed E-state index contributed by atoms with van der Waals surface area (Å²) in [6.07, 6.45) is 5.28. The van der Waals surface area contributed by atoms with Crippen molar-refractivity contribution in [1.82, 2.24) is 4.90 Å². The van der Waals surface area contributed by atoms with Gasteiger partial charge in [0.25, 0.3) is 0 Å². The van der Waals surface area contributed by atoms with E-state index in [9.17, 15) is 9.90 Å². The molecule has 1 unspecified atom stereocenters. The van der Waals surface area contributed by atoms with Crippen molar-refractivity contribution in [3.05, 3.63) is 12.2 Å². The van der Waals surface area contributed by atoms with Gasteiger partial charge in [0.15, 0.2) is 0 Å². The average molecular weight is 255 g/mol. The van der Waals surface area contributed by atoms with Crippen molar-refractivity contribution in [3.8, 4) is 0 Å². The first kappa shape index (κ1) is 15.2. The highest BCUT2D eigenvalue weighted by Crippen LogP contribution is 2.25. The van der Waals surface area contributed by atoms with E-state index in [0.717, 1.165) is 13.0 Å². The van der Waals surface area contributed by atoms with Gasteiger partial charge in [-0.05, 0) is 32.6 Å². The maximum Gasteiger partial charge on any atom is 0.323 e. The van der Waals surface area contributed by atoms with E-state index in [1.807, 2.05) is 26.8 Å². The van der Waals surface area contributed by atoms with Crippen LogP contribution in [0.3, 0.4) is 0 Å². The Morgan fingerprint density at radius 1 is 1.56 bits per heavy atom. The van der Waals surface area contributed by atoms with Gasteiger partial charge in [-0.2, -0.15) is 0 Å². The molecule has 1 aliphatic heterocycles. The highest BCUT2D eigenvalue weighted by Gasteiger charge is 2.37. The van der Waals surface area contributed by atoms with Crippen LogP contribution in [-0.4, -0.2) is 47.8 Å². The number of β-amino-alcohol motifs (C(OH)–C–C–N with tert-alkyl or cyclic N) is 1. The van der Waals surface area contributed by atoms with Crippen molar-refractivity contribution in [1.29, 1.82) is 0 Å². The molecule has 0 bridgehead atoms. The first-order valence-electron chi connectivity index (χ1n) is 6.83. The van der Waals surface area contributed by atoms with Crippen LogP contribution >= 0.6 is 0 Å². The van der Waals surface area contributed by atoms with Gasteiger partial charge in [-0.3, -0.25) is 9.69 Å². The molecular formula is C14H25NO3. The smallest absolute Gasteiger partial charge is 0.323 e. The van der Waals surface area contributed by atoms with E-state index < -0.39 is 0 Å². The summed E-state index contributed by atoms with van der Waals surface area (Å²) in [6, 6.07) is -0.202. The number of nitrogens with zero attached hydrogens (tertiary/aromatic N) is 1. The number of aliphatic hydroxyl groups is 1. The van der Waals surface area contributed by atoms with Crippen molar-refractivity contribution < 1.29 is 14.6 Å². The zero-order valence-corrected chi connectivity index (χ0v) is 11.6. The molecule has 1 rings (SSSR count). The number of esters is 1. The Morgan fingerprint density at radius 2 is 2.28 bits per heavy atom. The van der Waals surface area contributed by atoms with E-state index in [0.29, 0.717) is 25.5 Å². The summed E-state index contributed by atoms with van der Waals surface area (Å²) in [5.74, 6) is 0.223. The van der Waals surface area contributed by atoms with E-state index >= 15 is 0 Å². The van der Waals surface area contributed by atoms with Crippen LogP contribution < -0.4 is 0 Å². The largest absolute Gasteiger partial charge is 0.465 e. The van der Waals surface area contributed by atoms with E-state index in [4.69, 9.17) is 4.74 Å². The van der Waals surface area contributed by atoms with E-state index in [1.54, 1.807) is 0 Å². The van der Waals surface area contributed by atoms with Gasteiger partial charge >= 0.3 is 5.97 Å². The first-order valence-corrected chi connectivity index (χ1v) is 6.83. The minimum atomic E-state index is -0.369. The Morgan fingerprint density at radius 3 is 2.83 bits per heavy atom. The lowest BCUT2D eigenvalue weighted by Gasteiger charge is -2.24. The van der Waals surface area contributed by atoms with Crippen LogP contribution in [0.4, 0.5) is 0 Å². The van der Waals surface area contributed by atoms with E-state index in [1.165, 1.54) is 0 Å². The summed E-state index contributed by atoms with van der Waals surface area (Å²) in [6.45, 7) is 7.54. The lowest BCUT2D eigenvalue weighted by molar-refractivity contribution is -0.148. The van der Waals surface area contributed by atoms with Gasteiger partial charge in [0.05, 0.1) is 12.7 Å². The lowest BCUT2D eigenvalue weighted by atomic mass is 10.1. The van der Waals surface area contributed by atoms with Crippen molar-refractivity contribution >= 4 is 5.97 Å². The Bertz CT molecular complexity index is 291. The minimum absolute atomic E-state index is 0.159. The Kier molecular flexibility index (Phi) is 6.36. The van der Waals surface area contributed by atoms with Crippen LogP contribution in [0.5, 0.6) is 0 Å². The van der Waals surface area contributed by atoms with E-state index in [2.05, 4.69) is 11.0 Å². The summed E-state index contributed by atoms with van der Waals surface area (Å²) >= 11 is 0. The molecule has 0 aliphatic carbocycles. The van der Waals surface area contributed by atoms with Crippen molar-refractivity contribution in [2.45, 2.75) is 45.8 Å². The highest BCUT2D eigenvalue weighted by molar-refractivity contribution is 5.76. The second-order valence-corrected chi connectivity index (χ2v) is 4.81. The number of likely N-dealkylation sites (tertiary alicyclic amines) is 1. The van der Waals surface area contributed by atoms with Crippen molar-refractivity contribution in [2.75, 3.05) is 19.7 Å². The van der Waals surface area contributed by atoms with Gasteiger partial charge in [-0.15, -0.1) is 0 Å². The molecule has 4 nitrogen and oxygen atoms in total. The monoisotopic (exact) mass is 255 g/mol. The third-order valence-electron chi connectivity index (χ3n) is 3.38. The maximum atomic E-state index is 11.9. The Labute approximate surface area is 110 Å². The SMILES string of the molecule is CC=C[C@@H]1C[C@H](C(=O)OCC)N(CC(O)CC)C1. The summed E-state index contributed by atoms with van der Waals surface area (Å²) in [5, 5.41) is 9.75. The molecule has 1 N–H and O–H groups in total. The highest BCUT2D eigenvalue weighted by atomic mass is 16.5. The summed E-state index contributed by atoms with van der Waals surface area (Å²) < 4.78 is 5.11. The molecular weight excluding hydrogens is 230 g/mol. The molecule has 0 radical (unpaired) electrons. The summed E-state index contributed by atoms with van der Waals surface area (Å²) in [5.41, 5.74) is 0. The molecule has 0 saturated carbocycles. The second-order valence-electron chi connectivity index (χ2n) is 4.81. The van der Waals surface area contributed by atoms with Crippen LogP contribution in [0.2, 0.25) is 0 Å². The lowest BCUT2D eigenvalue weighted by Crippen LogP contribution is -2.41. The van der Waals surface area contributed by atoms with Crippen LogP contribution in [-0.2, 0) is 9.53 Å².